The fraction of sp³-hybridized carbons (Fsp3) is 0.0952. The molecule has 0 amide bonds. The van der Waals surface area contributed by atoms with E-state index in [0.29, 0.717) is 28.5 Å². The summed E-state index contributed by atoms with van der Waals surface area (Å²) in [7, 11) is -3.72. The number of nitrogens with zero attached hydrogens (tertiary/aromatic N) is 5. The van der Waals surface area contributed by atoms with Crippen LogP contribution in [0.4, 0.5) is 23.0 Å². The Labute approximate surface area is 311 Å². The molecule has 0 aliphatic carbocycles. The molecule has 0 aliphatic heterocycles. The van der Waals surface area contributed by atoms with Crippen molar-refractivity contribution in [2.24, 2.45) is 10.2 Å². The number of halogens is 2. The van der Waals surface area contributed by atoms with E-state index in [0.717, 1.165) is 0 Å². The number of anilines is 2. The van der Waals surface area contributed by atoms with Crippen LogP contribution >= 0.6 is 47.6 Å². The minimum Gasteiger partial charge on any atom is -0.691 e. The first-order valence-electron chi connectivity index (χ1n) is 11.0. The topological polar surface area (TPSA) is 222 Å². The summed E-state index contributed by atoms with van der Waals surface area (Å²) in [5.74, 6) is -0.613. The largest absolute Gasteiger partial charge is 1.00 e. The van der Waals surface area contributed by atoms with Crippen LogP contribution in [0.15, 0.2) is 68.6 Å². The van der Waals surface area contributed by atoms with E-state index in [1.54, 1.807) is 24.3 Å². The van der Waals surface area contributed by atoms with Gasteiger partial charge in [-0.05, 0) is 77.1 Å². The summed E-state index contributed by atoms with van der Waals surface area (Å²) in [4.78, 5) is 11.7. The van der Waals surface area contributed by atoms with Crippen LogP contribution in [0.5, 0.6) is 5.75 Å². The van der Waals surface area contributed by atoms with Crippen LogP contribution in [-0.2, 0) is 32.8 Å². The van der Waals surface area contributed by atoms with Gasteiger partial charge >= 0.3 is 59.1 Å². The molecular weight excluding hydrogens is 709 g/mol. The zero-order chi connectivity index (χ0) is 30.1. The standard InChI is InChI=1S/C21H16Cl2N6O10S3.2Na/c22-19-25-20(23)27-21(26-19)24-13-3-6-15-11(9-13)10-16(40-38-36-31)17(18(15)30)29-28-12-1-4-14(5-2-12)42(33,34)8-7-35-41-39-37-32;;/h1-6,9-10,30-32H,7-8H2,(H,24,25,26,27);;/q;2*+1/p-2. The van der Waals surface area contributed by atoms with Gasteiger partial charge in [0.2, 0.25) is 16.5 Å². The maximum atomic E-state index is 12.4. The molecule has 0 saturated carbocycles. The minimum absolute atomic E-state index is 0. The van der Waals surface area contributed by atoms with Crippen molar-refractivity contribution >= 4 is 91.2 Å². The van der Waals surface area contributed by atoms with E-state index in [-0.39, 0.29) is 121 Å². The maximum Gasteiger partial charge on any atom is 1.00 e. The van der Waals surface area contributed by atoms with E-state index in [9.17, 15) is 24.0 Å². The van der Waals surface area contributed by atoms with Crippen LogP contribution in [0.25, 0.3) is 10.8 Å². The summed E-state index contributed by atoms with van der Waals surface area (Å²) < 4.78 is 37.9. The molecule has 0 unspecified atom stereocenters. The molecule has 0 radical (unpaired) electrons. The molecule has 1 aromatic heterocycles. The number of aromatic nitrogens is 3. The van der Waals surface area contributed by atoms with Crippen molar-refractivity contribution in [1.82, 2.24) is 15.0 Å². The van der Waals surface area contributed by atoms with E-state index in [1.165, 1.54) is 24.3 Å². The minimum atomic E-state index is -3.72. The number of sulfone groups is 1. The third-order valence-corrected chi connectivity index (χ3v) is 8.06. The Bertz CT molecular complexity index is 1680. The second kappa shape index (κ2) is 19.0. The number of hydrogen-bond acceptors (Lipinski definition) is 18. The first kappa shape index (κ1) is 39.3. The molecule has 4 aromatic rings. The van der Waals surface area contributed by atoms with Crippen molar-refractivity contribution in [1.29, 1.82) is 0 Å². The molecule has 0 bridgehead atoms. The number of hydrogen-bond donors (Lipinski definition) is 2. The van der Waals surface area contributed by atoms with E-state index in [2.05, 4.69) is 49.2 Å². The van der Waals surface area contributed by atoms with Gasteiger partial charge in [0.25, 0.3) is 0 Å². The molecule has 4 rings (SSSR count). The zero-order valence-electron chi connectivity index (χ0n) is 22.4. The van der Waals surface area contributed by atoms with Gasteiger partial charge in [-0.15, -0.1) is 9.45 Å². The molecule has 2 N–H and O–H groups in total. The Kier molecular flexibility index (Phi) is 17.0. The van der Waals surface area contributed by atoms with Gasteiger partial charge in [-0.1, -0.05) is 0 Å². The number of phenolic OH excluding ortho intramolecular Hbond substituents is 1. The Morgan fingerprint density at radius 3 is 2.27 bits per heavy atom. The molecule has 44 heavy (non-hydrogen) atoms. The van der Waals surface area contributed by atoms with Crippen molar-refractivity contribution in [3.8, 4) is 5.75 Å². The molecule has 3 aromatic carbocycles. The number of phenols is 1. The Morgan fingerprint density at radius 1 is 0.932 bits per heavy atom. The Morgan fingerprint density at radius 2 is 1.61 bits per heavy atom. The van der Waals surface area contributed by atoms with Gasteiger partial charge in [0.1, 0.15) is 5.69 Å². The van der Waals surface area contributed by atoms with E-state index in [4.69, 9.17) is 27.4 Å². The Hall–Kier alpha value is -0.920. The second-order valence-corrected chi connectivity index (χ2v) is 11.6. The third kappa shape index (κ3) is 11.1. The number of aromatic hydroxyl groups is 1. The molecular formula is C21H14Cl2N6Na2O10S3. The van der Waals surface area contributed by atoms with Gasteiger partial charge in [0, 0.05) is 11.1 Å². The van der Waals surface area contributed by atoms with Crippen molar-refractivity contribution in [3.63, 3.8) is 0 Å². The molecule has 0 fully saturated rings. The summed E-state index contributed by atoms with van der Waals surface area (Å²) in [5, 5.41) is 49.4. The van der Waals surface area contributed by atoms with Crippen LogP contribution in [0.2, 0.25) is 10.6 Å². The van der Waals surface area contributed by atoms with E-state index in [1.807, 2.05) is 0 Å². The SMILES string of the molecule is O=S(=O)(CCOSOO[O-])c1ccc(N=Nc2c(SOO[O-])cc3cc(Nc4nc(Cl)nc(Cl)n4)ccc3c2O)cc1.[Na+].[Na+]. The molecule has 0 aliphatic rings. The fourth-order valence-electron chi connectivity index (χ4n) is 3.31. The van der Waals surface area contributed by atoms with Crippen molar-refractivity contribution in [2.75, 3.05) is 17.7 Å². The maximum absolute atomic E-state index is 12.4. The number of nitrogens with one attached hydrogen (secondary N) is 1. The van der Waals surface area contributed by atoms with Crippen LogP contribution in [0, 0.1) is 0 Å². The summed E-state index contributed by atoms with van der Waals surface area (Å²) in [6.07, 6.45) is 0. The predicted molar refractivity (Wildman–Crippen MR) is 145 cm³/mol. The van der Waals surface area contributed by atoms with Gasteiger partial charge < -0.3 is 20.9 Å². The number of rotatable bonds is 14. The van der Waals surface area contributed by atoms with Crippen LogP contribution in [-0.4, -0.2) is 40.8 Å². The summed E-state index contributed by atoms with van der Waals surface area (Å²) in [5.41, 5.74) is 0.682. The van der Waals surface area contributed by atoms with Crippen molar-refractivity contribution < 1.29 is 106 Å². The molecule has 0 spiro atoms. The molecule has 0 saturated heterocycles. The van der Waals surface area contributed by atoms with Crippen LogP contribution in [0.1, 0.15) is 0 Å². The second-order valence-electron chi connectivity index (χ2n) is 7.59. The molecule has 16 nitrogen and oxygen atoms in total. The average Bonchev–Trinajstić information content (AvgIpc) is 2.95. The number of benzene rings is 3. The van der Waals surface area contributed by atoms with Crippen molar-refractivity contribution in [2.45, 2.75) is 9.79 Å². The monoisotopic (exact) mass is 722 g/mol. The summed E-state index contributed by atoms with van der Waals surface area (Å²) in [6, 6.07) is 11.8. The van der Waals surface area contributed by atoms with Crippen LogP contribution < -0.4 is 74.9 Å². The molecule has 0 atom stereocenters. The van der Waals surface area contributed by atoms with Gasteiger partial charge in [0.05, 0.1) is 39.9 Å². The van der Waals surface area contributed by atoms with E-state index >= 15 is 0 Å². The first-order valence-corrected chi connectivity index (χ1v) is 14.8. The Balaban J connectivity index is 0.00000337. The van der Waals surface area contributed by atoms with E-state index < -0.39 is 15.6 Å². The van der Waals surface area contributed by atoms with Gasteiger partial charge in [0.15, 0.2) is 27.9 Å². The quantitative estimate of drug-likeness (QED) is 0.0359. The van der Waals surface area contributed by atoms with Gasteiger partial charge in [-0.2, -0.15) is 24.4 Å². The first-order chi connectivity index (χ1) is 20.2. The average molecular weight is 723 g/mol. The number of azo groups is 1. The fourth-order valence-corrected chi connectivity index (χ4v) is 5.57. The predicted octanol–water partition coefficient (Wildman–Crippen LogP) is -1.99. The van der Waals surface area contributed by atoms with Gasteiger partial charge in [-0.25, -0.2) is 8.42 Å². The molecule has 23 heteroatoms. The zero-order valence-corrected chi connectivity index (χ0v) is 30.3. The van der Waals surface area contributed by atoms with Gasteiger partial charge in [-0.3, -0.25) is 14.3 Å². The third-order valence-electron chi connectivity index (χ3n) is 5.04. The molecule has 1 heterocycles. The van der Waals surface area contributed by atoms with Crippen LogP contribution in [0.3, 0.4) is 0 Å². The smallest absolute Gasteiger partial charge is 0.691 e. The number of fused-ring (bicyclic) bond motifs is 1. The summed E-state index contributed by atoms with van der Waals surface area (Å²) in [6.45, 7) is -0.271. The normalized spacial score (nSPS) is 11.4. The molecule has 222 valence electrons. The summed E-state index contributed by atoms with van der Waals surface area (Å²) >= 11 is 12.3. The van der Waals surface area contributed by atoms with Crippen molar-refractivity contribution in [3.05, 3.63) is 59.1 Å².